The summed E-state index contributed by atoms with van der Waals surface area (Å²) in [5, 5.41) is 5.44. The molecule has 3 aromatic rings. The van der Waals surface area contributed by atoms with E-state index in [1.165, 1.54) is 11.3 Å². The molecule has 0 spiro atoms. The van der Waals surface area contributed by atoms with Crippen molar-refractivity contribution in [3.63, 3.8) is 0 Å². The zero-order chi connectivity index (χ0) is 23.7. The first-order valence-corrected chi connectivity index (χ1v) is 11.8. The molecule has 33 heavy (non-hydrogen) atoms. The fraction of sp³-hybridized carbons (Fsp3) is 0.292. The monoisotopic (exact) mass is 483 g/mol. The molecular weight excluding hydrogens is 458 g/mol. The van der Waals surface area contributed by atoms with Crippen molar-refractivity contribution in [3.05, 3.63) is 69.1 Å². The smallest absolute Gasteiger partial charge is 0.270 e. The quantitative estimate of drug-likeness (QED) is 0.511. The van der Waals surface area contributed by atoms with E-state index in [0.717, 1.165) is 17.0 Å². The third-order valence-corrected chi connectivity index (χ3v) is 6.71. The Morgan fingerprint density at radius 1 is 1.21 bits per heavy atom. The first-order chi connectivity index (χ1) is 15.7. The molecule has 0 aliphatic carbocycles. The highest BCUT2D eigenvalue weighted by Crippen LogP contribution is 2.38. The lowest BCUT2D eigenvalue weighted by Crippen LogP contribution is -2.34. The molecule has 2 amide bonds. The number of aliphatic imine (C=N–C) groups is 1. The van der Waals surface area contributed by atoms with Gasteiger partial charge in [-0.05, 0) is 49.3 Å². The van der Waals surface area contributed by atoms with Crippen LogP contribution >= 0.6 is 22.9 Å². The van der Waals surface area contributed by atoms with Crippen molar-refractivity contribution >= 4 is 51.8 Å². The lowest BCUT2D eigenvalue weighted by molar-refractivity contribution is -0.115. The molecule has 7 nitrogen and oxygen atoms in total. The van der Waals surface area contributed by atoms with Crippen LogP contribution < -0.4 is 5.32 Å². The Morgan fingerprint density at radius 3 is 2.70 bits per heavy atom. The number of nitrogens with zero attached hydrogens (tertiary/aromatic N) is 4. The van der Waals surface area contributed by atoms with Crippen LogP contribution in [0.25, 0.3) is 0 Å². The molecule has 0 saturated carbocycles. The van der Waals surface area contributed by atoms with Gasteiger partial charge in [-0.25, -0.2) is 4.99 Å². The number of anilines is 1. The van der Waals surface area contributed by atoms with Crippen LogP contribution in [0.5, 0.6) is 0 Å². The van der Waals surface area contributed by atoms with Gasteiger partial charge >= 0.3 is 0 Å². The van der Waals surface area contributed by atoms with E-state index in [9.17, 15) is 9.59 Å². The zero-order valence-electron chi connectivity index (χ0n) is 19.0. The van der Waals surface area contributed by atoms with Gasteiger partial charge in [-0.3, -0.25) is 9.59 Å². The summed E-state index contributed by atoms with van der Waals surface area (Å²) in [4.78, 5) is 35.5. The Balaban J connectivity index is 1.71. The van der Waals surface area contributed by atoms with Crippen LogP contribution in [0.1, 0.15) is 26.8 Å². The Labute approximate surface area is 202 Å². The molecule has 0 fully saturated rings. The predicted octanol–water partition coefficient (Wildman–Crippen LogP) is 4.23. The van der Waals surface area contributed by atoms with Gasteiger partial charge in [0.2, 0.25) is 5.91 Å². The molecule has 172 valence electrons. The lowest BCUT2D eigenvalue weighted by Gasteiger charge is -2.19. The topological polar surface area (TPSA) is 69.9 Å². The van der Waals surface area contributed by atoms with Crippen LogP contribution in [0, 0.1) is 0 Å². The molecule has 0 saturated heterocycles. The number of hydrogen-bond acceptors (Lipinski definition) is 5. The average Bonchev–Trinajstić information content (AvgIpc) is 3.48. The minimum atomic E-state index is -0.557. The van der Waals surface area contributed by atoms with Crippen molar-refractivity contribution in [2.45, 2.75) is 5.92 Å². The number of fused-ring (bicyclic) bond motifs is 1. The third kappa shape index (κ3) is 4.88. The molecule has 0 radical (unpaired) electrons. The standard InChI is InChI=1S/C24H26ClN5O2S/c1-28(2)9-10-29(3)24(32)19-13-16(14-30(19)4)26-22(20-6-5-11-33-20)21-17-8-7-15(25)12-18(17)27-23(21)31/h5-8,11-14,21H,9-10H2,1-4H3,(H,27,31). The van der Waals surface area contributed by atoms with Crippen molar-refractivity contribution in [1.29, 1.82) is 0 Å². The summed E-state index contributed by atoms with van der Waals surface area (Å²) in [6, 6.07) is 11.1. The second-order valence-electron chi connectivity index (χ2n) is 8.35. The summed E-state index contributed by atoms with van der Waals surface area (Å²) in [5.74, 6) is -0.773. The lowest BCUT2D eigenvalue weighted by atomic mass is 9.94. The number of aryl methyl sites for hydroxylation is 1. The van der Waals surface area contributed by atoms with E-state index in [-0.39, 0.29) is 11.8 Å². The summed E-state index contributed by atoms with van der Waals surface area (Å²) in [6.07, 6.45) is 1.82. The van der Waals surface area contributed by atoms with Gasteiger partial charge in [-0.1, -0.05) is 23.7 Å². The van der Waals surface area contributed by atoms with E-state index in [1.807, 2.05) is 55.8 Å². The van der Waals surface area contributed by atoms with Gasteiger partial charge in [0.05, 0.1) is 11.4 Å². The normalized spacial score (nSPS) is 15.6. The summed E-state index contributed by atoms with van der Waals surface area (Å²) in [7, 11) is 7.58. The molecule has 1 aromatic carbocycles. The second-order valence-corrected chi connectivity index (χ2v) is 9.74. The highest BCUT2D eigenvalue weighted by molar-refractivity contribution is 7.12. The summed E-state index contributed by atoms with van der Waals surface area (Å²) in [5.41, 5.74) is 3.36. The molecular formula is C24H26ClN5O2S. The minimum Gasteiger partial charge on any atom is -0.344 e. The fourth-order valence-electron chi connectivity index (χ4n) is 3.80. The van der Waals surface area contributed by atoms with E-state index in [0.29, 0.717) is 34.3 Å². The predicted molar refractivity (Wildman–Crippen MR) is 134 cm³/mol. The number of thiophene rings is 1. The SMILES string of the molecule is CN(C)CCN(C)C(=O)c1cc(N=C(c2cccs2)C2C(=O)Nc3cc(Cl)ccc32)cn1C. The summed E-state index contributed by atoms with van der Waals surface area (Å²) >= 11 is 7.65. The van der Waals surface area contributed by atoms with Gasteiger partial charge in [0.15, 0.2) is 0 Å². The van der Waals surface area contributed by atoms with Gasteiger partial charge in [0.25, 0.3) is 5.91 Å². The summed E-state index contributed by atoms with van der Waals surface area (Å²) in [6.45, 7) is 1.40. The summed E-state index contributed by atoms with van der Waals surface area (Å²) < 4.78 is 1.78. The van der Waals surface area contributed by atoms with Crippen molar-refractivity contribution in [3.8, 4) is 0 Å². The molecule has 1 N–H and O–H groups in total. The molecule has 1 aliphatic heterocycles. The van der Waals surface area contributed by atoms with Crippen LogP contribution in [0.2, 0.25) is 5.02 Å². The van der Waals surface area contributed by atoms with E-state index in [2.05, 4.69) is 5.32 Å². The Morgan fingerprint density at radius 2 is 2.00 bits per heavy atom. The van der Waals surface area contributed by atoms with Crippen LogP contribution in [-0.2, 0) is 11.8 Å². The zero-order valence-corrected chi connectivity index (χ0v) is 20.6. The van der Waals surface area contributed by atoms with E-state index in [4.69, 9.17) is 16.6 Å². The number of rotatable bonds is 7. The van der Waals surface area contributed by atoms with Crippen LogP contribution in [0.3, 0.4) is 0 Å². The Hall–Kier alpha value is -2.94. The number of likely N-dealkylation sites (N-methyl/N-ethyl adjacent to an activating group) is 2. The Bertz CT molecular complexity index is 1220. The van der Waals surface area contributed by atoms with Crippen molar-refractivity contribution in [1.82, 2.24) is 14.4 Å². The maximum absolute atomic E-state index is 13.0. The fourth-order valence-corrected chi connectivity index (χ4v) is 4.72. The van der Waals surface area contributed by atoms with Gasteiger partial charge in [0.1, 0.15) is 11.6 Å². The maximum Gasteiger partial charge on any atom is 0.270 e. The first-order valence-electron chi connectivity index (χ1n) is 10.5. The highest BCUT2D eigenvalue weighted by atomic mass is 35.5. The molecule has 1 aliphatic rings. The van der Waals surface area contributed by atoms with E-state index in [1.54, 1.807) is 34.7 Å². The van der Waals surface area contributed by atoms with Gasteiger partial charge < -0.3 is 19.7 Å². The van der Waals surface area contributed by atoms with E-state index < -0.39 is 5.92 Å². The van der Waals surface area contributed by atoms with Crippen molar-refractivity contribution < 1.29 is 9.59 Å². The Kier molecular flexibility index (Phi) is 6.69. The second kappa shape index (κ2) is 9.51. The molecule has 1 atom stereocenters. The average molecular weight is 484 g/mol. The van der Waals surface area contributed by atoms with Crippen LogP contribution in [0.15, 0.2) is 53.0 Å². The molecule has 2 aromatic heterocycles. The third-order valence-electron chi connectivity index (χ3n) is 5.58. The maximum atomic E-state index is 13.0. The largest absolute Gasteiger partial charge is 0.344 e. The number of amides is 2. The molecule has 4 rings (SSSR count). The van der Waals surface area contributed by atoms with Gasteiger partial charge in [-0.15, -0.1) is 11.3 Å². The number of nitrogens with one attached hydrogen (secondary N) is 1. The number of benzene rings is 1. The van der Waals surface area contributed by atoms with E-state index >= 15 is 0 Å². The first kappa shape index (κ1) is 23.2. The number of hydrogen-bond donors (Lipinski definition) is 1. The van der Waals surface area contributed by atoms with Crippen LogP contribution in [0.4, 0.5) is 11.4 Å². The van der Waals surface area contributed by atoms with Crippen molar-refractivity contribution in [2.75, 3.05) is 39.5 Å². The minimum absolute atomic E-state index is 0.0722. The molecule has 1 unspecified atom stereocenters. The number of carbonyl (C=O) groups excluding carboxylic acids is 2. The highest BCUT2D eigenvalue weighted by Gasteiger charge is 2.36. The number of halogens is 1. The van der Waals surface area contributed by atoms with Crippen LogP contribution in [-0.4, -0.2) is 66.1 Å². The van der Waals surface area contributed by atoms with Crippen molar-refractivity contribution in [2.24, 2.45) is 12.0 Å². The van der Waals surface area contributed by atoms with Gasteiger partial charge in [-0.2, -0.15) is 0 Å². The number of carbonyl (C=O) groups is 2. The molecule has 0 bridgehead atoms. The molecule has 3 heterocycles. The molecule has 9 heteroatoms. The number of aromatic nitrogens is 1. The van der Waals surface area contributed by atoms with Gasteiger partial charge in [0, 0.05) is 49.0 Å².